The van der Waals surface area contributed by atoms with Crippen molar-refractivity contribution in [2.75, 3.05) is 5.32 Å². The minimum absolute atomic E-state index is 0.315. The third-order valence-corrected chi connectivity index (χ3v) is 2.95. The van der Waals surface area contributed by atoms with Crippen LogP contribution in [-0.2, 0) is 4.79 Å². The third-order valence-electron chi connectivity index (χ3n) is 2.25. The van der Waals surface area contributed by atoms with E-state index in [0.717, 1.165) is 16.6 Å². The van der Waals surface area contributed by atoms with Gasteiger partial charge in [0.25, 0.3) is 0 Å². The lowest BCUT2D eigenvalue weighted by atomic mass is 10.0. The average molecular weight is 285 g/mol. The topological polar surface area (TPSA) is 55.1 Å². The Labute approximate surface area is 105 Å². The van der Waals surface area contributed by atoms with Crippen LogP contribution in [0.25, 0.3) is 0 Å². The summed E-state index contributed by atoms with van der Waals surface area (Å²) in [5, 5.41) is 3.16. The van der Waals surface area contributed by atoms with Crippen LogP contribution in [0.3, 0.4) is 0 Å². The molecule has 1 amide bonds. The van der Waals surface area contributed by atoms with E-state index in [2.05, 4.69) is 35.1 Å². The van der Waals surface area contributed by atoms with E-state index < -0.39 is 0 Å². The van der Waals surface area contributed by atoms with Crippen molar-refractivity contribution < 1.29 is 4.79 Å². The lowest BCUT2D eigenvalue weighted by molar-refractivity contribution is -0.119. The second kappa shape index (κ2) is 5.89. The van der Waals surface area contributed by atoms with Crippen molar-refractivity contribution >= 4 is 27.5 Å². The van der Waals surface area contributed by atoms with Gasteiger partial charge in [0.1, 0.15) is 6.04 Å². The van der Waals surface area contributed by atoms with Gasteiger partial charge < -0.3 is 11.1 Å². The molecule has 1 aromatic carbocycles. The molecular weight excluding hydrogens is 268 g/mol. The maximum Gasteiger partial charge on any atom is 0.239 e. The Balaban J connectivity index is 2.76. The van der Waals surface area contributed by atoms with Gasteiger partial charge in [0.15, 0.2) is 0 Å². The molecule has 88 valence electrons. The molecule has 0 aliphatic rings. The van der Waals surface area contributed by atoms with Crippen LogP contribution in [0.4, 0.5) is 5.69 Å². The highest BCUT2D eigenvalue weighted by atomic mass is 79.9. The zero-order valence-electron chi connectivity index (χ0n) is 9.53. The molecule has 0 fully saturated rings. The van der Waals surface area contributed by atoms with Gasteiger partial charge >= 0.3 is 0 Å². The summed E-state index contributed by atoms with van der Waals surface area (Å²) >= 11 is 3.43. The maximum absolute atomic E-state index is 11.3. The second-order valence-electron chi connectivity index (χ2n) is 4.21. The number of halogens is 1. The van der Waals surface area contributed by atoms with Crippen molar-refractivity contribution in [3.8, 4) is 0 Å². The number of carbonyl (C=O) groups excluding carboxylic acids is 1. The SMILES string of the molecule is CC(C)CC(Nc1ccccc1Br)C(N)=O. The van der Waals surface area contributed by atoms with Gasteiger partial charge in [-0.2, -0.15) is 0 Å². The predicted molar refractivity (Wildman–Crippen MR) is 70.2 cm³/mol. The molecule has 0 heterocycles. The number of amides is 1. The van der Waals surface area contributed by atoms with E-state index in [1.54, 1.807) is 0 Å². The number of nitrogens with one attached hydrogen (secondary N) is 1. The van der Waals surface area contributed by atoms with Crippen molar-refractivity contribution in [3.05, 3.63) is 28.7 Å². The Morgan fingerprint density at radius 3 is 2.56 bits per heavy atom. The number of carbonyl (C=O) groups is 1. The van der Waals surface area contributed by atoms with Crippen LogP contribution in [-0.4, -0.2) is 11.9 Å². The van der Waals surface area contributed by atoms with Crippen LogP contribution in [0.2, 0.25) is 0 Å². The molecule has 0 saturated carbocycles. The van der Waals surface area contributed by atoms with Gasteiger partial charge in [-0.1, -0.05) is 26.0 Å². The Morgan fingerprint density at radius 2 is 2.06 bits per heavy atom. The fraction of sp³-hybridized carbons (Fsp3) is 0.417. The number of hydrogen-bond acceptors (Lipinski definition) is 2. The Morgan fingerprint density at radius 1 is 1.44 bits per heavy atom. The van der Waals surface area contributed by atoms with Gasteiger partial charge in [-0.3, -0.25) is 4.79 Å². The molecule has 0 bridgehead atoms. The van der Waals surface area contributed by atoms with Crippen LogP contribution in [0, 0.1) is 5.92 Å². The number of benzene rings is 1. The molecule has 16 heavy (non-hydrogen) atoms. The first-order chi connectivity index (χ1) is 7.50. The summed E-state index contributed by atoms with van der Waals surface area (Å²) in [6.07, 6.45) is 0.733. The molecule has 0 aliphatic carbocycles. The quantitative estimate of drug-likeness (QED) is 0.874. The van der Waals surface area contributed by atoms with E-state index in [1.807, 2.05) is 24.3 Å². The van der Waals surface area contributed by atoms with Gasteiger partial charge in [-0.05, 0) is 40.4 Å². The molecule has 0 radical (unpaired) electrons. The summed E-state index contributed by atoms with van der Waals surface area (Å²) in [7, 11) is 0. The van der Waals surface area contributed by atoms with E-state index in [0.29, 0.717) is 5.92 Å². The van der Waals surface area contributed by atoms with Crippen LogP contribution >= 0.6 is 15.9 Å². The Hall–Kier alpha value is -1.03. The van der Waals surface area contributed by atoms with Crippen molar-refractivity contribution in [1.82, 2.24) is 0 Å². The van der Waals surface area contributed by atoms with Crippen molar-refractivity contribution in [2.45, 2.75) is 26.3 Å². The van der Waals surface area contributed by atoms with E-state index >= 15 is 0 Å². The molecule has 3 N–H and O–H groups in total. The largest absolute Gasteiger partial charge is 0.373 e. The van der Waals surface area contributed by atoms with Gasteiger partial charge in [0.05, 0.1) is 0 Å². The molecule has 1 aromatic rings. The highest BCUT2D eigenvalue weighted by Gasteiger charge is 2.17. The van der Waals surface area contributed by atoms with Gasteiger partial charge in [0.2, 0.25) is 5.91 Å². The normalized spacial score (nSPS) is 12.5. The smallest absolute Gasteiger partial charge is 0.239 e. The number of hydrogen-bond donors (Lipinski definition) is 2. The summed E-state index contributed by atoms with van der Waals surface area (Å²) in [5.41, 5.74) is 6.26. The minimum Gasteiger partial charge on any atom is -0.373 e. The highest BCUT2D eigenvalue weighted by molar-refractivity contribution is 9.10. The molecule has 1 rings (SSSR count). The molecular formula is C12H17BrN2O. The fourth-order valence-corrected chi connectivity index (χ4v) is 1.88. The molecule has 1 atom stereocenters. The standard InChI is InChI=1S/C12H17BrN2O/c1-8(2)7-11(12(14)16)15-10-6-4-3-5-9(10)13/h3-6,8,11,15H,7H2,1-2H3,(H2,14,16). The van der Waals surface area contributed by atoms with E-state index in [1.165, 1.54) is 0 Å². The molecule has 0 aliphatic heterocycles. The zero-order chi connectivity index (χ0) is 12.1. The molecule has 0 spiro atoms. The number of para-hydroxylation sites is 1. The van der Waals surface area contributed by atoms with E-state index in [4.69, 9.17) is 5.73 Å². The summed E-state index contributed by atoms with van der Waals surface area (Å²) in [4.78, 5) is 11.3. The molecule has 3 nitrogen and oxygen atoms in total. The Kier molecular flexibility index (Phi) is 4.80. The van der Waals surface area contributed by atoms with Crippen LogP contribution in [0.15, 0.2) is 28.7 Å². The third kappa shape index (κ3) is 3.85. The maximum atomic E-state index is 11.3. The first-order valence-electron chi connectivity index (χ1n) is 5.31. The molecule has 4 heteroatoms. The Bertz CT molecular complexity index is 366. The lowest BCUT2D eigenvalue weighted by Gasteiger charge is -2.19. The first kappa shape index (κ1) is 13.0. The monoisotopic (exact) mass is 284 g/mol. The van der Waals surface area contributed by atoms with Gasteiger partial charge in [-0.25, -0.2) is 0 Å². The summed E-state index contributed by atoms with van der Waals surface area (Å²) in [5.74, 6) is 0.108. The van der Waals surface area contributed by atoms with Crippen LogP contribution < -0.4 is 11.1 Å². The minimum atomic E-state index is -0.321. The number of anilines is 1. The number of rotatable bonds is 5. The zero-order valence-corrected chi connectivity index (χ0v) is 11.1. The first-order valence-corrected chi connectivity index (χ1v) is 6.10. The average Bonchev–Trinajstić information content (AvgIpc) is 2.19. The second-order valence-corrected chi connectivity index (χ2v) is 5.06. The molecule has 1 unspecified atom stereocenters. The number of nitrogens with two attached hydrogens (primary N) is 1. The summed E-state index contributed by atoms with van der Waals surface area (Å²) < 4.78 is 0.935. The van der Waals surface area contributed by atoms with E-state index in [-0.39, 0.29) is 11.9 Å². The lowest BCUT2D eigenvalue weighted by Crippen LogP contribution is -2.36. The van der Waals surface area contributed by atoms with Gasteiger partial charge in [-0.15, -0.1) is 0 Å². The molecule has 0 aromatic heterocycles. The van der Waals surface area contributed by atoms with Crippen LogP contribution in [0.1, 0.15) is 20.3 Å². The summed E-state index contributed by atoms with van der Waals surface area (Å²) in [6.45, 7) is 4.13. The van der Waals surface area contributed by atoms with Crippen molar-refractivity contribution in [2.24, 2.45) is 11.7 Å². The molecule has 0 saturated heterocycles. The van der Waals surface area contributed by atoms with E-state index in [9.17, 15) is 4.79 Å². The predicted octanol–water partition coefficient (Wildman–Crippen LogP) is 2.76. The van der Waals surface area contributed by atoms with Crippen molar-refractivity contribution in [1.29, 1.82) is 0 Å². The summed E-state index contributed by atoms with van der Waals surface area (Å²) in [6, 6.07) is 7.37. The van der Waals surface area contributed by atoms with Gasteiger partial charge in [0, 0.05) is 10.2 Å². The highest BCUT2D eigenvalue weighted by Crippen LogP contribution is 2.23. The fourth-order valence-electron chi connectivity index (χ4n) is 1.48. The number of primary amides is 1. The van der Waals surface area contributed by atoms with Crippen molar-refractivity contribution in [3.63, 3.8) is 0 Å². The van der Waals surface area contributed by atoms with Crippen LogP contribution in [0.5, 0.6) is 0 Å².